The summed E-state index contributed by atoms with van der Waals surface area (Å²) in [4.78, 5) is 12.1. The van der Waals surface area contributed by atoms with Crippen molar-refractivity contribution in [3.05, 3.63) is 41.5 Å². The van der Waals surface area contributed by atoms with Gasteiger partial charge in [-0.05, 0) is 12.0 Å². The lowest BCUT2D eigenvalue weighted by atomic mass is 9.85. The Balaban J connectivity index is 0.00000128. The van der Waals surface area contributed by atoms with Crippen LogP contribution in [-0.2, 0) is 0 Å². The number of benzene rings is 1. The number of unbranched alkanes of at least 4 members (excludes halogenated alkanes) is 1. The Morgan fingerprint density at radius 1 is 1.25 bits per heavy atom. The number of carbonyl (C=O) groups is 1. The molecule has 1 aromatic carbocycles. The van der Waals surface area contributed by atoms with Crippen LogP contribution < -0.4 is 0 Å². The van der Waals surface area contributed by atoms with Gasteiger partial charge in [-0.2, -0.15) is 0 Å². The molecule has 0 radical (unpaired) electrons. The van der Waals surface area contributed by atoms with Gasteiger partial charge in [0.1, 0.15) is 0 Å². The molecule has 1 aliphatic carbocycles. The molecule has 0 aromatic heterocycles. The molecule has 0 amide bonds. The number of hydrogen-bond donors (Lipinski definition) is 0. The van der Waals surface area contributed by atoms with Crippen LogP contribution in [0.4, 0.5) is 0 Å². The summed E-state index contributed by atoms with van der Waals surface area (Å²) in [6.07, 6.45) is 7.40. The van der Waals surface area contributed by atoms with Crippen LogP contribution >= 0.6 is 12.4 Å². The first kappa shape index (κ1) is 13.0. The molecule has 2 rings (SSSR count). The predicted octanol–water partition coefficient (Wildman–Crippen LogP) is 4.12. The van der Waals surface area contributed by atoms with Gasteiger partial charge in [-0.1, -0.05) is 56.2 Å². The summed E-state index contributed by atoms with van der Waals surface area (Å²) in [7, 11) is 0. The number of allylic oxidation sites excluding steroid dienone is 1. The molecule has 0 bridgehead atoms. The number of hydrogen-bond acceptors (Lipinski definition) is 1. The average Bonchev–Trinajstić information content (AvgIpc) is 2.29. The second kappa shape index (κ2) is 5.86. The monoisotopic (exact) mass is 236 g/mol. The van der Waals surface area contributed by atoms with Gasteiger partial charge in [-0.15, -0.1) is 12.4 Å². The van der Waals surface area contributed by atoms with E-state index in [0.29, 0.717) is 5.78 Å². The van der Waals surface area contributed by atoms with Gasteiger partial charge in [0, 0.05) is 11.5 Å². The fourth-order valence-corrected chi connectivity index (χ4v) is 2.03. The Labute approximate surface area is 103 Å². The Morgan fingerprint density at radius 3 is 2.75 bits per heavy atom. The highest BCUT2D eigenvalue weighted by molar-refractivity contribution is 6.04. The zero-order chi connectivity index (χ0) is 10.7. The summed E-state index contributed by atoms with van der Waals surface area (Å²) in [5.41, 5.74) is 1.95. The summed E-state index contributed by atoms with van der Waals surface area (Å²) in [6.45, 7) is 2.16. The SMILES string of the molecule is CCCCC1C=Cc2ccccc2C1=O.Cl. The van der Waals surface area contributed by atoms with E-state index in [0.717, 1.165) is 30.4 Å². The maximum absolute atomic E-state index is 12.1. The molecule has 2 heteroatoms. The lowest BCUT2D eigenvalue weighted by molar-refractivity contribution is 0.0937. The van der Waals surface area contributed by atoms with Crippen LogP contribution in [0.2, 0.25) is 0 Å². The second-order valence-corrected chi connectivity index (χ2v) is 4.06. The molecular weight excluding hydrogens is 220 g/mol. The van der Waals surface area contributed by atoms with Gasteiger partial charge in [-0.25, -0.2) is 0 Å². The molecule has 1 nitrogen and oxygen atoms in total. The van der Waals surface area contributed by atoms with Gasteiger partial charge in [-0.3, -0.25) is 4.79 Å². The van der Waals surface area contributed by atoms with E-state index in [1.807, 2.05) is 24.3 Å². The third kappa shape index (κ3) is 2.53. The molecule has 1 atom stereocenters. The van der Waals surface area contributed by atoms with E-state index in [9.17, 15) is 4.79 Å². The Hall–Kier alpha value is -1.08. The summed E-state index contributed by atoms with van der Waals surface area (Å²) >= 11 is 0. The molecule has 0 N–H and O–H groups in total. The molecule has 1 aromatic rings. The summed E-state index contributed by atoms with van der Waals surface area (Å²) in [5, 5.41) is 0. The van der Waals surface area contributed by atoms with E-state index in [-0.39, 0.29) is 18.3 Å². The van der Waals surface area contributed by atoms with Gasteiger partial charge in [0.2, 0.25) is 0 Å². The minimum Gasteiger partial charge on any atom is -0.293 e. The van der Waals surface area contributed by atoms with E-state index < -0.39 is 0 Å². The Kier molecular flexibility index (Phi) is 4.75. The second-order valence-electron chi connectivity index (χ2n) is 4.06. The first-order valence-corrected chi connectivity index (χ1v) is 5.64. The molecule has 1 aliphatic rings. The molecule has 0 aliphatic heterocycles. The number of rotatable bonds is 3. The highest BCUT2D eigenvalue weighted by atomic mass is 35.5. The maximum Gasteiger partial charge on any atom is 0.170 e. The molecule has 86 valence electrons. The first-order chi connectivity index (χ1) is 7.33. The van der Waals surface area contributed by atoms with Gasteiger partial charge >= 0.3 is 0 Å². The number of carbonyl (C=O) groups excluding carboxylic acids is 1. The van der Waals surface area contributed by atoms with E-state index in [1.165, 1.54) is 0 Å². The Morgan fingerprint density at radius 2 is 2.00 bits per heavy atom. The minimum atomic E-state index is 0. The third-order valence-electron chi connectivity index (χ3n) is 2.94. The normalized spacial score (nSPS) is 17.8. The van der Waals surface area contributed by atoms with Crippen LogP contribution in [0.5, 0.6) is 0 Å². The fourth-order valence-electron chi connectivity index (χ4n) is 2.03. The number of halogens is 1. The van der Waals surface area contributed by atoms with Crippen molar-refractivity contribution in [3.8, 4) is 0 Å². The van der Waals surface area contributed by atoms with E-state index in [4.69, 9.17) is 0 Å². The topological polar surface area (TPSA) is 17.1 Å². The molecule has 0 fully saturated rings. The molecule has 0 heterocycles. The van der Waals surface area contributed by atoms with Gasteiger partial charge < -0.3 is 0 Å². The van der Waals surface area contributed by atoms with Crippen LogP contribution in [0.15, 0.2) is 30.3 Å². The van der Waals surface area contributed by atoms with Crippen LogP contribution in [0, 0.1) is 5.92 Å². The zero-order valence-corrected chi connectivity index (χ0v) is 10.3. The lowest BCUT2D eigenvalue weighted by Crippen LogP contribution is -2.16. The van der Waals surface area contributed by atoms with Crippen molar-refractivity contribution in [2.24, 2.45) is 5.92 Å². The zero-order valence-electron chi connectivity index (χ0n) is 9.48. The molecule has 1 unspecified atom stereocenters. The van der Waals surface area contributed by atoms with Crippen molar-refractivity contribution in [2.75, 3.05) is 0 Å². The Bertz CT molecular complexity index is 395. The minimum absolute atomic E-state index is 0. The summed E-state index contributed by atoms with van der Waals surface area (Å²) in [6, 6.07) is 7.84. The van der Waals surface area contributed by atoms with Crippen molar-refractivity contribution in [2.45, 2.75) is 26.2 Å². The largest absolute Gasteiger partial charge is 0.293 e. The van der Waals surface area contributed by atoms with Crippen LogP contribution in [0.1, 0.15) is 42.1 Å². The lowest BCUT2D eigenvalue weighted by Gasteiger charge is -2.17. The van der Waals surface area contributed by atoms with Crippen LogP contribution in [0.25, 0.3) is 6.08 Å². The fraction of sp³-hybridized carbons (Fsp3) is 0.357. The number of ketones is 1. The molecule has 0 saturated heterocycles. The van der Waals surface area contributed by atoms with Gasteiger partial charge in [0.05, 0.1) is 0 Å². The average molecular weight is 237 g/mol. The molecule has 16 heavy (non-hydrogen) atoms. The van der Waals surface area contributed by atoms with E-state index >= 15 is 0 Å². The van der Waals surface area contributed by atoms with Crippen molar-refractivity contribution >= 4 is 24.3 Å². The highest BCUT2D eigenvalue weighted by Crippen LogP contribution is 2.25. The maximum atomic E-state index is 12.1. The predicted molar refractivity (Wildman–Crippen MR) is 70.1 cm³/mol. The van der Waals surface area contributed by atoms with Crippen molar-refractivity contribution < 1.29 is 4.79 Å². The van der Waals surface area contributed by atoms with Crippen molar-refractivity contribution in [1.29, 1.82) is 0 Å². The first-order valence-electron chi connectivity index (χ1n) is 5.64. The van der Waals surface area contributed by atoms with Crippen molar-refractivity contribution in [3.63, 3.8) is 0 Å². The standard InChI is InChI=1S/C14H16O.ClH/c1-2-3-6-12-10-9-11-7-4-5-8-13(11)14(12)15;/h4-5,7-10,12H,2-3,6H2,1H3;1H. The highest BCUT2D eigenvalue weighted by Gasteiger charge is 2.21. The summed E-state index contributed by atoms with van der Waals surface area (Å²) < 4.78 is 0. The molecular formula is C14H17ClO. The van der Waals surface area contributed by atoms with Crippen LogP contribution in [-0.4, -0.2) is 5.78 Å². The summed E-state index contributed by atoms with van der Waals surface area (Å²) in [5.74, 6) is 0.404. The van der Waals surface area contributed by atoms with Gasteiger partial charge in [0.15, 0.2) is 5.78 Å². The van der Waals surface area contributed by atoms with E-state index in [1.54, 1.807) is 0 Å². The molecule has 0 saturated carbocycles. The number of Topliss-reactive ketones (excluding diaryl/α,β-unsaturated/α-hetero) is 1. The van der Waals surface area contributed by atoms with Crippen molar-refractivity contribution in [1.82, 2.24) is 0 Å². The van der Waals surface area contributed by atoms with Crippen LogP contribution in [0.3, 0.4) is 0 Å². The molecule has 0 spiro atoms. The number of fused-ring (bicyclic) bond motifs is 1. The smallest absolute Gasteiger partial charge is 0.170 e. The van der Waals surface area contributed by atoms with Gasteiger partial charge in [0.25, 0.3) is 0 Å². The quantitative estimate of drug-likeness (QED) is 0.772. The van der Waals surface area contributed by atoms with E-state index in [2.05, 4.69) is 19.1 Å². The third-order valence-corrected chi connectivity index (χ3v) is 2.94.